The fourth-order valence-corrected chi connectivity index (χ4v) is 2.38. The molecule has 21 heavy (non-hydrogen) atoms. The Labute approximate surface area is 121 Å². The van der Waals surface area contributed by atoms with Gasteiger partial charge in [0, 0.05) is 11.9 Å². The topological polar surface area (TPSA) is 66.6 Å². The van der Waals surface area contributed by atoms with Gasteiger partial charge in [-0.05, 0) is 31.2 Å². The summed E-state index contributed by atoms with van der Waals surface area (Å²) in [6.45, 7) is 2.47. The van der Waals surface area contributed by atoms with Gasteiger partial charge in [-0.25, -0.2) is 9.78 Å². The van der Waals surface area contributed by atoms with E-state index in [1.807, 2.05) is 41.8 Å². The van der Waals surface area contributed by atoms with E-state index >= 15 is 0 Å². The number of fused-ring (bicyclic) bond motifs is 1. The molecule has 3 aromatic rings. The summed E-state index contributed by atoms with van der Waals surface area (Å²) < 4.78 is 2.01. The second-order valence-electron chi connectivity index (χ2n) is 4.78. The molecule has 0 aliphatic carbocycles. The Balaban J connectivity index is 1.91. The molecular formula is C16H15N3O2. The zero-order valence-electron chi connectivity index (χ0n) is 11.6. The summed E-state index contributed by atoms with van der Waals surface area (Å²) in [5, 5.41) is 12.4. The van der Waals surface area contributed by atoms with Gasteiger partial charge in [-0.3, -0.25) is 0 Å². The number of aromatic carboxylic acids is 1. The normalized spacial score (nSPS) is 10.7. The van der Waals surface area contributed by atoms with E-state index in [0.717, 1.165) is 17.0 Å². The predicted octanol–water partition coefficient (Wildman–Crippen LogP) is 2.95. The van der Waals surface area contributed by atoms with Crippen LogP contribution in [0.15, 0.2) is 48.7 Å². The van der Waals surface area contributed by atoms with Crippen LogP contribution in [0.2, 0.25) is 0 Å². The van der Waals surface area contributed by atoms with Gasteiger partial charge in [0.1, 0.15) is 5.65 Å². The Hall–Kier alpha value is -2.82. The average molecular weight is 281 g/mol. The lowest BCUT2D eigenvalue weighted by molar-refractivity contribution is 0.0698. The average Bonchev–Trinajstić information content (AvgIpc) is 2.81. The minimum atomic E-state index is -0.937. The summed E-state index contributed by atoms with van der Waals surface area (Å²) in [4.78, 5) is 15.7. The number of aromatic nitrogens is 2. The minimum Gasteiger partial charge on any atom is -0.478 e. The monoisotopic (exact) mass is 281 g/mol. The number of aryl methyl sites for hydroxylation is 1. The van der Waals surface area contributed by atoms with Crippen molar-refractivity contribution in [3.8, 4) is 0 Å². The van der Waals surface area contributed by atoms with Crippen molar-refractivity contribution in [2.24, 2.45) is 0 Å². The first-order chi connectivity index (χ1) is 10.2. The second kappa shape index (κ2) is 5.28. The highest BCUT2D eigenvalue weighted by molar-refractivity contribution is 5.94. The maximum Gasteiger partial charge on any atom is 0.337 e. The van der Waals surface area contributed by atoms with E-state index in [1.54, 1.807) is 18.2 Å². The molecule has 3 rings (SSSR count). The van der Waals surface area contributed by atoms with E-state index < -0.39 is 5.97 Å². The first-order valence-corrected chi connectivity index (χ1v) is 6.65. The number of pyridine rings is 1. The molecule has 0 aliphatic rings. The lowest BCUT2D eigenvalue weighted by Crippen LogP contribution is -2.08. The van der Waals surface area contributed by atoms with Crippen molar-refractivity contribution < 1.29 is 9.90 Å². The van der Waals surface area contributed by atoms with E-state index in [9.17, 15) is 9.90 Å². The molecule has 0 radical (unpaired) electrons. The first kappa shape index (κ1) is 13.2. The van der Waals surface area contributed by atoms with Crippen molar-refractivity contribution in [3.63, 3.8) is 0 Å². The SMILES string of the molecule is Cc1nc2ccccn2c1CNc1ccccc1C(=O)O. The number of nitrogens with zero attached hydrogens (tertiary/aromatic N) is 2. The summed E-state index contributed by atoms with van der Waals surface area (Å²) in [7, 11) is 0. The van der Waals surface area contributed by atoms with Crippen molar-refractivity contribution in [2.45, 2.75) is 13.5 Å². The lowest BCUT2D eigenvalue weighted by atomic mass is 10.2. The summed E-state index contributed by atoms with van der Waals surface area (Å²) in [5.41, 5.74) is 3.71. The molecule has 0 saturated carbocycles. The number of carboxylic acids is 1. The fourth-order valence-electron chi connectivity index (χ4n) is 2.38. The zero-order valence-corrected chi connectivity index (χ0v) is 11.6. The van der Waals surface area contributed by atoms with Crippen LogP contribution in [0.25, 0.3) is 5.65 Å². The smallest absolute Gasteiger partial charge is 0.337 e. The van der Waals surface area contributed by atoms with Crippen LogP contribution in [0.4, 0.5) is 5.69 Å². The van der Waals surface area contributed by atoms with Crippen LogP contribution in [0.5, 0.6) is 0 Å². The molecule has 0 spiro atoms. The van der Waals surface area contributed by atoms with Crippen LogP contribution in [-0.2, 0) is 6.54 Å². The van der Waals surface area contributed by atoms with E-state index in [4.69, 9.17) is 0 Å². The number of carboxylic acid groups (broad SMARTS) is 1. The number of rotatable bonds is 4. The maximum atomic E-state index is 11.2. The van der Waals surface area contributed by atoms with Crippen molar-refractivity contribution in [1.82, 2.24) is 9.38 Å². The number of para-hydroxylation sites is 1. The van der Waals surface area contributed by atoms with E-state index in [0.29, 0.717) is 12.2 Å². The highest BCUT2D eigenvalue weighted by atomic mass is 16.4. The molecule has 0 saturated heterocycles. The van der Waals surface area contributed by atoms with Crippen LogP contribution >= 0.6 is 0 Å². The summed E-state index contributed by atoms with van der Waals surface area (Å²) >= 11 is 0. The second-order valence-corrected chi connectivity index (χ2v) is 4.78. The van der Waals surface area contributed by atoms with Crippen molar-refractivity contribution in [3.05, 3.63) is 65.6 Å². The molecule has 2 heterocycles. The van der Waals surface area contributed by atoms with Crippen molar-refractivity contribution in [2.75, 3.05) is 5.32 Å². The Morgan fingerprint density at radius 1 is 1.24 bits per heavy atom. The Morgan fingerprint density at radius 3 is 2.81 bits per heavy atom. The first-order valence-electron chi connectivity index (χ1n) is 6.65. The molecule has 0 unspecified atom stereocenters. The standard InChI is InChI=1S/C16H15N3O2/c1-11-14(19-9-5-4-8-15(19)18-11)10-17-13-7-3-2-6-12(13)16(20)21/h2-9,17H,10H2,1H3,(H,20,21). The van der Waals surface area contributed by atoms with Crippen molar-refractivity contribution >= 4 is 17.3 Å². The Kier molecular flexibility index (Phi) is 3.31. The lowest BCUT2D eigenvalue weighted by Gasteiger charge is -2.10. The third-order valence-corrected chi connectivity index (χ3v) is 3.43. The Bertz CT molecular complexity index is 808. The number of carbonyl (C=O) groups is 1. The Morgan fingerprint density at radius 2 is 2.00 bits per heavy atom. The van der Waals surface area contributed by atoms with Gasteiger partial charge in [0.25, 0.3) is 0 Å². The number of nitrogens with one attached hydrogen (secondary N) is 1. The molecule has 1 aromatic carbocycles. The quantitative estimate of drug-likeness (QED) is 0.771. The van der Waals surface area contributed by atoms with E-state index in [-0.39, 0.29) is 5.56 Å². The zero-order chi connectivity index (χ0) is 14.8. The molecule has 0 aliphatic heterocycles. The molecular weight excluding hydrogens is 266 g/mol. The largest absolute Gasteiger partial charge is 0.478 e. The van der Waals surface area contributed by atoms with Gasteiger partial charge >= 0.3 is 5.97 Å². The molecule has 106 valence electrons. The highest BCUT2D eigenvalue weighted by Gasteiger charge is 2.11. The van der Waals surface area contributed by atoms with E-state index in [2.05, 4.69) is 10.3 Å². The summed E-state index contributed by atoms with van der Waals surface area (Å²) in [6.07, 6.45) is 1.95. The summed E-state index contributed by atoms with van der Waals surface area (Å²) in [6, 6.07) is 12.7. The molecule has 0 atom stereocenters. The molecule has 0 fully saturated rings. The van der Waals surface area contributed by atoms with Gasteiger partial charge < -0.3 is 14.8 Å². The van der Waals surface area contributed by atoms with Gasteiger partial charge in [0.15, 0.2) is 0 Å². The molecule has 0 amide bonds. The van der Waals surface area contributed by atoms with Crippen LogP contribution < -0.4 is 5.32 Å². The third-order valence-electron chi connectivity index (χ3n) is 3.43. The van der Waals surface area contributed by atoms with Gasteiger partial charge in [-0.1, -0.05) is 18.2 Å². The number of benzene rings is 1. The predicted molar refractivity (Wildman–Crippen MR) is 80.7 cm³/mol. The fraction of sp³-hybridized carbons (Fsp3) is 0.125. The molecule has 2 aromatic heterocycles. The maximum absolute atomic E-state index is 11.2. The number of hydrogen-bond acceptors (Lipinski definition) is 3. The highest BCUT2D eigenvalue weighted by Crippen LogP contribution is 2.18. The third kappa shape index (κ3) is 2.45. The molecule has 5 nitrogen and oxygen atoms in total. The number of imidazole rings is 1. The van der Waals surface area contributed by atoms with Crippen LogP contribution in [0, 0.1) is 6.92 Å². The number of anilines is 1. The van der Waals surface area contributed by atoms with Crippen LogP contribution in [-0.4, -0.2) is 20.5 Å². The van der Waals surface area contributed by atoms with Gasteiger partial charge in [0.2, 0.25) is 0 Å². The summed E-state index contributed by atoms with van der Waals surface area (Å²) in [5.74, 6) is -0.937. The number of hydrogen-bond donors (Lipinski definition) is 2. The van der Waals surface area contributed by atoms with Crippen LogP contribution in [0.1, 0.15) is 21.7 Å². The van der Waals surface area contributed by atoms with Gasteiger partial charge in [0.05, 0.1) is 23.5 Å². The van der Waals surface area contributed by atoms with Crippen molar-refractivity contribution in [1.29, 1.82) is 0 Å². The van der Waals surface area contributed by atoms with Gasteiger partial charge in [-0.2, -0.15) is 0 Å². The minimum absolute atomic E-state index is 0.268. The molecule has 2 N–H and O–H groups in total. The van der Waals surface area contributed by atoms with E-state index in [1.165, 1.54) is 0 Å². The molecule has 5 heteroatoms. The van der Waals surface area contributed by atoms with Gasteiger partial charge in [-0.15, -0.1) is 0 Å². The molecule has 0 bridgehead atoms. The van der Waals surface area contributed by atoms with Crippen LogP contribution in [0.3, 0.4) is 0 Å².